The molecule has 3 aromatic carbocycles. The molecule has 0 saturated carbocycles. The number of amides is 3. The first-order chi connectivity index (χ1) is 15.9. The van der Waals surface area contributed by atoms with Gasteiger partial charge in [-0.05, 0) is 60.4 Å². The maximum atomic E-state index is 12.4. The molecule has 33 heavy (non-hydrogen) atoms. The second kappa shape index (κ2) is 11.5. The third-order valence-electron chi connectivity index (χ3n) is 5.05. The van der Waals surface area contributed by atoms with Crippen molar-refractivity contribution in [3.05, 3.63) is 89.5 Å². The monoisotopic (exact) mass is 445 g/mol. The summed E-state index contributed by atoms with van der Waals surface area (Å²) >= 11 is 0. The normalized spacial score (nSPS) is 10.2. The summed E-state index contributed by atoms with van der Waals surface area (Å²) in [5.74, 6) is -0.393. The molecule has 0 aliphatic carbocycles. The Hall–Kier alpha value is -4.13. The van der Waals surface area contributed by atoms with Crippen LogP contribution in [0.3, 0.4) is 0 Å². The van der Waals surface area contributed by atoms with Crippen molar-refractivity contribution in [2.75, 3.05) is 23.1 Å². The Kier molecular flexibility index (Phi) is 8.18. The first-order valence-electron chi connectivity index (χ1n) is 10.6. The molecule has 0 fully saturated rings. The lowest BCUT2D eigenvalue weighted by molar-refractivity contribution is -0.140. The van der Waals surface area contributed by atoms with Crippen molar-refractivity contribution in [2.24, 2.45) is 0 Å². The van der Waals surface area contributed by atoms with Gasteiger partial charge in [-0.25, -0.2) is 4.79 Å². The van der Waals surface area contributed by atoms with E-state index in [1.807, 2.05) is 55.5 Å². The van der Waals surface area contributed by atoms with Gasteiger partial charge in [0, 0.05) is 23.5 Å². The highest BCUT2D eigenvalue weighted by molar-refractivity contribution is 6.00. The van der Waals surface area contributed by atoms with Gasteiger partial charge in [0.05, 0.1) is 13.5 Å². The van der Waals surface area contributed by atoms with Crippen LogP contribution in [-0.4, -0.2) is 25.0 Å². The van der Waals surface area contributed by atoms with Gasteiger partial charge in [-0.1, -0.05) is 42.5 Å². The van der Waals surface area contributed by atoms with E-state index in [1.165, 1.54) is 7.11 Å². The predicted molar refractivity (Wildman–Crippen MR) is 129 cm³/mol. The first kappa shape index (κ1) is 23.5. The van der Waals surface area contributed by atoms with Gasteiger partial charge < -0.3 is 20.7 Å². The Morgan fingerprint density at radius 3 is 2.00 bits per heavy atom. The molecule has 3 N–H and O–H groups in total. The Morgan fingerprint density at radius 2 is 1.36 bits per heavy atom. The van der Waals surface area contributed by atoms with Crippen molar-refractivity contribution in [2.45, 2.75) is 26.2 Å². The molecule has 7 heteroatoms. The molecule has 170 valence electrons. The summed E-state index contributed by atoms with van der Waals surface area (Å²) in [5.41, 5.74) is 4.87. The van der Waals surface area contributed by atoms with E-state index in [1.54, 1.807) is 24.3 Å². The number of esters is 1. The zero-order chi connectivity index (χ0) is 23.6. The number of carbonyl (C=O) groups is 3. The zero-order valence-corrected chi connectivity index (χ0v) is 18.7. The number of rotatable bonds is 8. The number of carbonyl (C=O) groups excluding carboxylic acids is 3. The van der Waals surface area contributed by atoms with E-state index in [0.717, 1.165) is 22.4 Å². The van der Waals surface area contributed by atoms with Crippen LogP contribution in [0.5, 0.6) is 0 Å². The lowest BCUT2D eigenvalue weighted by Crippen LogP contribution is -2.20. The summed E-state index contributed by atoms with van der Waals surface area (Å²) in [6, 6.07) is 21.7. The van der Waals surface area contributed by atoms with Crippen molar-refractivity contribution in [3.8, 4) is 0 Å². The molecule has 7 nitrogen and oxygen atoms in total. The third kappa shape index (κ3) is 7.50. The van der Waals surface area contributed by atoms with Gasteiger partial charge in [-0.3, -0.25) is 9.59 Å². The molecule has 0 spiro atoms. The Labute approximate surface area is 193 Å². The minimum atomic E-state index is -0.329. The molecule has 0 unspecified atom stereocenters. The molecule has 0 heterocycles. The van der Waals surface area contributed by atoms with Crippen LogP contribution in [-0.2, 0) is 27.2 Å². The fourth-order valence-corrected chi connectivity index (χ4v) is 3.20. The topological polar surface area (TPSA) is 96.5 Å². The van der Waals surface area contributed by atoms with Gasteiger partial charge in [0.25, 0.3) is 0 Å². The van der Waals surface area contributed by atoms with Gasteiger partial charge in [0.2, 0.25) is 5.91 Å². The second-order valence-corrected chi connectivity index (χ2v) is 7.59. The highest BCUT2D eigenvalue weighted by Gasteiger charge is 2.08. The molecule has 0 radical (unpaired) electrons. The Morgan fingerprint density at radius 1 is 0.758 bits per heavy atom. The van der Waals surface area contributed by atoms with Crippen molar-refractivity contribution < 1.29 is 19.1 Å². The Balaban J connectivity index is 1.47. The van der Waals surface area contributed by atoms with Gasteiger partial charge >= 0.3 is 12.0 Å². The highest BCUT2D eigenvalue weighted by Crippen LogP contribution is 2.16. The molecule has 3 rings (SSSR count). The third-order valence-corrected chi connectivity index (χ3v) is 5.05. The van der Waals surface area contributed by atoms with E-state index < -0.39 is 0 Å². The second-order valence-electron chi connectivity index (χ2n) is 7.59. The largest absolute Gasteiger partial charge is 0.469 e. The molecule has 0 aromatic heterocycles. The van der Waals surface area contributed by atoms with Gasteiger partial charge in [-0.15, -0.1) is 0 Å². The first-order valence-corrected chi connectivity index (χ1v) is 10.6. The molecule has 0 bridgehead atoms. The fourth-order valence-electron chi connectivity index (χ4n) is 3.20. The highest BCUT2D eigenvalue weighted by atomic mass is 16.5. The van der Waals surface area contributed by atoms with Crippen molar-refractivity contribution >= 4 is 35.0 Å². The van der Waals surface area contributed by atoms with Crippen LogP contribution in [0.15, 0.2) is 72.8 Å². The number of anilines is 3. The van der Waals surface area contributed by atoms with Gasteiger partial charge in [-0.2, -0.15) is 0 Å². The SMILES string of the molecule is COC(=O)CCc1ccc(NC(=O)Cc2ccc(NC(=O)Nc3ccccc3C)cc2)cc1. The van der Waals surface area contributed by atoms with Crippen LogP contribution >= 0.6 is 0 Å². The number of hydrogen-bond donors (Lipinski definition) is 3. The van der Waals surface area contributed by atoms with Crippen molar-refractivity contribution in [3.63, 3.8) is 0 Å². The van der Waals surface area contributed by atoms with Crippen molar-refractivity contribution in [1.82, 2.24) is 0 Å². The average molecular weight is 446 g/mol. The smallest absolute Gasteiger partial charge is 0.323 e. The van der Waals surface area contributed by atoms with E-state index in [0.29, 0.717) is 24.2 Å². The maximum absolute atomic E-state index is 12.4. The number of para-hydroxylation sites is 1. The molecule has 3 amide bonds. The standard InChI is InChI=1S/C26H27N3O4/c1-18-5-3-4-6-23(18)29-26(32)28-22-14-9-20(10-15-22)17-24(30)27-21-12-7-19(8-13-21)11-16-25(31)33-2/h3-10,12-15H,11,16-17H2,1-2H3,(H,27,30)(H2,28,29,32). The summed E-state index contributed by atoms with van der Waals surface area (Å²) < 4.78 is 4.64. The molecular formula is C26H27N3O4. The summed E-state index contributed by atoms with van der Waals surface area (Å²) in [6.07, 6.45) is 1.12. The zero-order valence-electron chi connectivity index (χ0n) is 18.7. The number of benzene rings is 3. The lowest BCUT2D eigenvalue weighted by atomic mass is 10.1. The molecular weight excluding hydrogens is 418 g/mol. The van der Waals surface area contributed by atoms with E-state index in [9.17, 15) is 14.4 Å². The Bertz CT molecular complexity index is 1110. The summed E-state index contributed by atoms with van der Waals surface area (Å²) in [5, 5.41) is 8.46. The summed E-state index contributed by atoms with van der Waals surface area (Å²) in [7, 11) is 1.37. The van der Waals surface area contributed by atoms with E-state index >= 15 is 0 Å². The minimum absolute atomic E-state index is 0.143. The number of hydrogen-bond acceptors (Lipinski definition) is 4. The number of aryl methyl sites for hydroxylation is 2. The quantitative estimate of drug-likeness (QED) is 0.429. The van der Waals surface area contributed by atoms with E-state index in [2.05, 4.69) is 20.7 Å². The maximum Gasteiger partial charge on any atom is 0.323 e. The van der Waals surface area contributed by atoms with Crippen LogP contribution in [0.1, 0.15) is 23.1 Å². The summed E-state index contributed by atoms with van der Waals surface area (Å²) in [6.45, 7) is 1.93. The molecule has 0 aliphatic heterocycles. The predicted octanol–water partition coefficient (Wildman–Crippen LogP) is 4.93. The molecule has 0 saturated heterocycles. The fraction of sp³-hybridized carbons (Fsp3) is 0.192. The number of nitrogens with one attached hydrogen (secondary N) is 3. The van der Waals surface area contributed by atoms with E-state index in [-0.39, 0.29) is 24.3 Å². The van der Waals surface area contributed by atoms with Crippen LogP contribution in [0, 0.1) is 6.92 Å². The van der Waals surface area contributed by atoms with Crippen LogP contribution < -0.4 is 16.0 Å². The van der Waals surface area contributed by atoms with Crippen LogP contribution in [0.25, 0.3) is 0 Å². The van der Waals surface area contributed by atoms with Crippen LogP contribution in [0.4, 0.5) is 21.9 Å². The summed E-state index contributed by atoms with van der Waals surface area (Å²) in [4.78, 5) is 35.8. The number of ether oxygens (including phenoxy) is 1. The number of urea groups is 1. The molecule has 0 aliphatic rings. The van der Waals surface area contributed by atoms with Gasteiger partial charge in [0.15, 0.2) is 0 Å². The average Bonchev–Trinajstić information content (AvgIpc) is 2.81. The van der Waals surface area contributed by atoms with Crippen LogP contribution in [0.2, 0.25) is 0 Å². The van der Waals surface area contributed by atoms with Gasteiger partial charge in [0.1, 0.15) is 0 Å². The minimum Gasteiger partial charge on any atom is -0.469 e. The van der Waals surface area contributed by atoms with E-state index in [4.69, 9.17) is 0 Å². The number of methoxy groups -OCH3 is 1. The van der Waals surface area contributed by atoms with Crippen molar-refractivity contribution in [1.29, 1.82) is 0 Å². The molecule has 3 aromatic rings. The molecule has 0 atom stereocenters. The lowest BCUT2D eigenvalue weighted by Gasteiger charge is -2.10.